The number of methoxy groups -OCH3 is 1. The van der Waals surface area contributed by atoms with Crippen LogP contribution in [0.5, 0.6) is 11.5 Å². The minimum atomic E-state index is -0.215. The summed E-state index contributed by atoms with van der Waals surface area (Å²) in [6.07, 6.45) is 2.46. The van der Waals surface area contributed by atoms with Crippen molar-refractivity contribution in [3.8, 4) is 11.5 Å². The number of benzene rings is 3. The predicted molar refractivity (Wildman–Crippen MR) is 144 cm³/mol. The van der Waals surface area contributed by atoms with Crippen LogP contribution in [0.4, 0.5) is 0 Å². The molecule has 1 heterocycles. The minimum absolute atomic E-state index is 0.0514. The molecule has 7 heteroatoms. The van der Waals surface area contributed by atoms with Gasteiger partial charge in [-0.25, -0.2) is 4.98 Å². The van der Waals surface area contributed by atoms with Crippen molar-refractivity contribution in [2.75, 3.05) is 7.11 Å². The zero-order chi connectivity index (χ0) is 24.9. The highest BCUT2D eigenvalue weighted by molar-refractivity contribution is 9.10. The number of halogens is 1. The van der Waals surface area contributed by atoms with Crippen molar-refractivity contribution in [1.82, 2.24) is 9.66 Å². The number of aromatic nitrogens is 2. The van der Waals surface area contributed by atoms with E-state index in [4.69, 9.17) is 14.5 Å². The first-order valence-electron chi connectivity index (χ1n) is 11.5. The fourth-order valence-corrected chi connectivity index (χ4v) is 4.05. The summed E-state index contributed by atoms with van der Waals surface area (Å²) in [6, 6.07) is 19.3. The molecule has 0 saturated carbocycles. The molecule has 3 aromatic carbocycles. The van der Waals surface area contributed by atoms with Crippen molar-refractivity contribution < 1.29 is 9.47 Å². The first-order valence-corrected chi connectivity index (χ1v) is 12.3. The lowest BCUT2D eigenvalue weighted by Gasteiger charge is -2.15. The summed E-state index contributed by atoms with van der Waals surface area (Å²) < 4.78 is 13.9. The summed E-state index contributed by atoms with van der Waals surface area (Å²) in [5.41, 5.74) is 3.38. The Hall–Kier alpha value is -3.45. The van der Waals surface area contributed by atoms with E-state index in [2.05, 4.69) is 47.0 Å². The summed E-state index contributed by atoms with van der Waals surface area (Å²) in [4.78, 5) is 18.2. The molecule has 0 bridgehead atoms. The lowest BCUT2D eigenvalue weighted by molar-refractivity contribution is 0.284. The Labute approximate surface area is 213 Å². The van der Waals surface area contributed by atoms with Gasteiger partial charge < -0.3 is 9.47 Å². The average molecular weight is 534 g/mol. The lowest BCUT2D eigenvalue weighted by Crippen LogP contribution is -2.23. The third-order valence-corrected chi connectivity index (χ3v) is 6.43. The van der Waals surface area contributed by atoms with E-state index in [1.165, 1.54) is 10.2 Å². The number of nitrogens with zero attached hydrogens (tertiary/aromatic N) is 3. The van der Waals surface area contributed by atoms with Crippen molar-refractivity contribution >= 4 is 33.0 Å². The molecular formula is C28H28BrN3O3. The molecule has 0 aliphatic heterocycles. The van der Waals surface area contributed by atoms with Crippen LogP contribution >= 0.6 is 15.9 Å². The predicted octanol–water partition coefficient (Wildman–Crippen LogP) is 6.45. The van der Waals surface area contributed by atoms with Crippen LogP contribution in [-0.2, 0) is 6.61 Å². The van der Waals surface area contributed by atoms with Gasteiger partial charge in [0.05, 0.1) is 24.2 Å². The zero-order valence-corrected chi connectivity index (χ0v) is 21.9. The molecule has 1 aromatic heterocycles. The van der Waals surface area contributed by atoms with E-state index in [1.54, 1.807) is 19.4 Å². The number of fused-ring (bicyclic) bond motifs is 1. The fraction of sp³-hybridized carbons (Fsp3) is 0.250. The molecule has 1 atom stereocenters. The van der Waals surface area contributed by atoms with Crippen molar-refractivity contribution in [3.63, 3.8) is 0 Å². The van der Waals surface area contributed by atoms with Gasteiger partial charge in [-0.15, -0.1) is 0 Å². The molecule has 0 radical (unpaired) electrons. The molecule has 180 valence electrons. The zero-order valence-electron chi connectivity index (χ0n) is 20.3. The van der Waals surface area contributed by atoms with Gasteiger partial charge in [0, 0.05) is 16.0 Å². The largest absolute Gasteiger partial charge is 0.493 e. The van der Waals surface area contributed by atoms with Crippen LogP contribution in [0.15, 0.2) is 75.0 Å². The maximum absolute atomic E-state index is 13.4. The number of para-hydroxylation sites is 1. The van der Waals surface area contributed by atoms with Crippen molar-refractivity contribution in [1.29, 1.82) is 0 Å². The molecule has 0 amide bonds. The van der Waals surface area contributed by atoms with Crippen LogP contribution in [0.25, 0.3) is 10.9 Å². The van der Waals surface area contributed by atoms with Gasteiger partial charge in [0.15, 0.2) is 11.5 Å². The van der Waals surface area contributed by atoms with Crippen molar-refractivity contribution in [2.45, 2.75) is 39.7 Å². The van der Waals surface area contributed by atoms with E-state index in [1.807, 2.05) is 49.4 Å². The van der Waals surface area contributed by atoms with Gasteiger partial charge in [0.25, 0.3) is 5.56 Å². The van der Waals surface area contributed by atoms with E-state index < -0.39 is 0 Å². The van der Waals surface area contributed by atoms with Gasteiger partial charge in [0.2, 0.25) is 0 Å². The van der Waals surface area contributed by atoms with Gasteiger partial charge in [0.1, 0.15) is 12.4 Å². The number of hydrogen-bond donors (Lipinski definition) is 0. The highest BCUT2D eigenvalue weighted by Crippen LogP contribution is 2.31. The van der Waals surface area contributed by atoms with Gasteiger partial charge >= 0.3 is 0 Å². The summed E-state index contributed by atoms with van der Waals surface area (Å²) >= 11 is 3.45. The molecule has 0 saturated heterocycles. The Morgan fingerprint density at radius 1 is 1.14 bits per heavy atom. The Bertz CT molecular complexity index is 1430. The third kappa shape index (κ3) is 5.46. The number of rotatable bonds is 8. The molecule has 6 nitrogen and oxygen atoms in total. The normalized spacial score (nSPS) is 12.3. The topological polar surface area (TPSA) is 65.7 Å². The first kappa shape index (κ1) is 24.7. The highest BCUT2D eigenvalue weighted by Gasteiger charge is 2.16. The first-order chi connectivity index (χ1) is 16.9. The number of ether oxygens (including phenoxy) is 2. The van der Waals surface area contributed by atoms with Crippen LogP contribution in [0.2, 0.25) is 0 Å². The summed E-state index contributed by atoms with van der Waals surface area (Å²) in [5.74, 6) is 1.83. The van der Waals surface area contributed by atoms with E-state index in [9.17, 15) is 4.79 Å². The summed E-state index contributed by atoms with van der Waals surface area (Å²) in [6.45, 7) is 6.54. The lowest BCUT2D eigenvalue weighted by atomic mass is 10.1. The van der Waals surface area contributed by atoms with Crippen LogP contribution in [0, 0.1) is 6.92 Å². The molecule has 0 N–H and O–H groups in total. The van der Waals surface area contributed by atoms with Crippen LogP contribution in [-0.4, -0.2) is 23.0 Å². The molecule has 0 aliphatic carbocycles. The van der Waals surface area contributed by atoms with Gasteiger partial charge in [-0.2, -0.15) is 9.78 Å². The Kier molecular flexibility index (Phi) is 7.66. The maximum Gasteiger partial charge on any atom is 0.282 e. The Balaban J connectivity index is 1.76. The average Bonchev–Trinajstić information content (AvgIpc) is 2.87. The number of aryl methyl sites for hydroxylation is 1. The maximum atomic E-state index is 13.4. The third-order valence-electron chi connectivity index (χ3n) is 5.93. The molecule has 0 unspecified atom stereocenters. The monoisotopic (exact) mass is 533 g/mol. The van der Waals surface area contributed by atoms with Crippen molar-refractivity contribution in [3.05, 3.63) is 98.0 Å². The molecule has 4 rings (SSSR count). The second-order valence-corrected chi connectivity index (χ2v) is 9.37. The van der Waals surface area contributed by atoms with Crippen molar-refractivity contribution in [2.24, 2.45) is 5.10 Å². The second-order valence-electron chi connectivity index (χ2n) is 8.46. The van der Waals surface area contributed by atoms with E-state index in [0.29, 0.717) is 40.4 Å². The fourth-order valence-electron chi connectivity index (χ4n) is 3.69. The Morgan fingerprint density at radius 2 is 1.91 bits per heavy atom. The molecule has 35 heavy (non-hydrogen) atoms. The van der Waals surface area contributed by atoms with E-state index in [-0.39, 0.29) is 11.5 Å². The van der Waals surface area contributed by atoms with Gasteiger partial charge in [-0.3, -0.25) is 4.79 Å². The Morgan fingerprint density at radius 3 is 2.63 bits per heavy atom. The van der Waals surface area contributed by atoms with E-state index >= 15 is 0 Å². The smallest absolute Gasteiger partial charge is 0.282 e. The summed E-state index contributed by atoms with van der Waals surface area (Å²) in [5, 5.41) is 5.10. The second kappa shape index (κ2) is 10.9. The molecule has 0 fully saturated rings. The standard InChI is InChI=1S/C28H28BrN3O3/c1-5-19(3)27-31-24-14-13-22(29)15-23(24)28(33)32(27)30-16-21-7-6-8-25(34-4)26(21)35-17-20-11-9-18(2)10-12-20/h6-16,19H,5,17H2,1-4H3/t19-/m1/s1. The highest BCUT2D eigenvalue weighted by atomic mass is 79.9. The molecule has 4 aromatic rings. The van der Waals surface area contributed by atoms with Gasteiger partial charge in [-0.1, -0.05) is 65.7 Å². The molecule has 0 aliphatic rings. The van der Waals surface area contributed by atoms with Gasteiger partial charge in [-0.05, 0) is 49.2 Å². The SMILES string of the molecule is CC[C@@H](C)c1nc2ccc(Br)cc2c(=O)n1N=Cc1cccc(OC)c1OCc1ccc(C)cc1. The van der Waals surface area contributed by atoms with Crippen LogP contribution in [0.1, 0.15) is 48.7 Å². The minimum Gasteiger partial charge on any atom is -0.493 e. The number of hydrogen-bond acceptors (Lipinski definition) is 5. The quantitative estimate of drug-likeness (QED) is 0.244. The van der Waals surface area contributed by atoms with Crippen LogP contribution < -0.4 is 15.0 Å². The van der Waals surface area contributed by atoms with E-state index in [0.717, 1.165) is 16.5 Å². The molecular weight excluding hydrogens is 506 g/mol. The van der Waals surface area contributed by atoms with Crippen LogP contribution in [0.3, 0.4) is 0 Å². The summed E-state index contributed by atoms with van der Waals surface area (Å²) in [7, 11) is 1.60. The molecule has 0 spiro atoms.